The van der Waals surface area contributed by atoms with Crippen LogP contribution in [-0.4, -0.2) is 25.0 Å². The van der Waals surface area contributed by atoms with Gasteiger partial charge in [-0.1, -0.05) is 38.1 Å². The number of hydrogen-bond acceptors (Lipinski definition) is 2. The Morgan fingerprint density at radius 1 is 1.25 bits per heavy atom. The number of rotatable bonds is 5. The van der Waals surface area contributed by atoms with Gasteiger partial charge in [-0.2, -0.15) is 0 Å². The molecule has 0 bridgehead atoms. The lowest BCUT2D eigenvalue weighted by molar-refractivity contribution is 0.209. The van der Waals surface area contributed by atoms with Crippen molar-refractivity contribution in [3.63, 3.8) is 0 Å². The van der Waals surface area contributed by atoms with Crippen LogP contribution in [0.5, 0.6) is 0 Å². The molecule has 0 fully saturated rings. The van der Waals surface area contributed by atoms with E-state index in [0.29, 0.717) is 0 Å². The van der Waals surface area contributed by atoms with E-state index < -0.39 is 0 Å². The van der Waals surface area contributed by atoms with Gasteiger partial charge in [-0.3, -0.25) is 0 Å². The summed E-state index contributed by atoms with van der Waals surface area (Å²) in [7, 11) is 2.16. The smallest absolute Gasteiger partial charge is 0.0233 e. The summed E-state index contributed by atoms with van der Waals surface area (Å²) >= 11 is 0. The first-order valence-electron chi connectivity index (χ1n) is 5.88. The molecule has 1 aromatic carbocycles. The number of hydrogen-bond donors (Lipinski definition) is 1. The first kappa shape index (κ1) is 13.2. The largest absolute Gasteiger partial charge is 0.330 e. The van der Waals surface area contributed by atoms with E-state index >= 15 is 0 Å². The highest BCUT2D eigenvalue weighted by Gasteiger charge is 2.18. The van der Waals surface area contributed by atoms with Crippen molar-refractivity contribution in [3.8, 4) is 0 Å². The van der Waals surface area contributed by atoms with E-state index in [-0.39, 0.29) is 5.41 Å². The lowest BCUT2D eigenvalue weighted by Gasteiger charge is -2.29. The summed E-state index contributed by atoms with van der Waals surface area (Å²) in [4.78, 5) is 2.34. The lowest BCUT2D eigenvalue weighted by Crippen LogP contribution is -2.36. The maximum Gasteiger partial charge on any atom is 0.0233 e. The molecule has 1 aromatic rings. The summed E-state index contributed by atoms with van der Waals surface area (Å²) in [6.07, 6.45) is 0. The van der Waals surface area contributed by atoms with Gasteiger partial charge in [0.2, 0.25) is 0 Å². The summed E-state index contributed by atoms with van der Waals surface area (Å²) in [6, 6.07) is 8.55. The second-order valence-corrected chi connectivity index (χ2v) is 5.47. The van der Waals surface area contributed by atoms with Crippen LogP contribution in [0.1, 0.15) is 25.0 Å². The van der Waals surface area contributed by atoms with E-state index in [1.807, 2.05) is 0 Å². The first-order valence-corrected chi connectivity index (χ1v) is 5.88. The molecule has 1 rings (SSSR count). The number of nitrogens with zero attached hydrogens (tertiary/aromatic N) is 1. The summed E-state index contributed by atoms with van der Waals surface area (Å²) < 4.78 is 0. The van der Waals surface area contributed by atoms with Crippen LogP contribution in [0, 0.1) is 12.3 Å². The van der Waals surface area contributed by atoms with Crippen molar-refractivity contribution < 1.29 is 0 Å². The predicted octanol–water partition coefficient (Wildman–Crippen LogP) is 2.41. The molecule has 0 aliphatic carbocycles. The Morgan fingerprint density at radius 2 is 1.88 bits per heavy atom. The van der Waals surface area contributed by atoms with E-state index in [1.54, 1.807) is 0 Å². The van der Waals surface area contributed by atoms with Crippen molar-refractivity contribution in [2.24, 2.45) is 11.1 Å². The van der Waals surface area contributed by atoms with Crippen LogP contribution in [0.4, 0.5) is 0 Å². The van der Waals surface area contributed by atoms with Crippen molar-refractivity contribution in [1.29, 1.82) is 0 Å². The van der Waals surface area contributed by atoms with E-state index in [2.05, 4.69) is 57.0 Å². The molecule has 90 valence electrons. The third kappa shape index (κ3) is 3.95. The molecule has 0 aliphatic heterocycles. The fourth-order valence-corrected chi connectivity index (χ4v) is 1.93. The van der Waals surface area contributed by atoms with Crippen molar-refractivity contribution in [3.05, 3.63) is 35.4 Å². The first-order chi connectivity index (χ1) is 7.44. The molecule has 0 atom stereocenters. The maximum atomic E-state index is 5.75. The zero-order valence-electron chi connectivity index (χ0n) is 11.0. The van der Waals surface area contributed by atoms with Gasteiger partial charge in [0.1, 0.15) is 0 Å². The Hall–Kier alpha value is -0.860. The highest BCUT2D eigenvalue weighted by Crippen LogP contribution is 2.16. The summed E-state index contributed by atoms with van der Waals surface area (Å²) in [5.74, 6) is 0. The molecular weight excluding hydrogens is 196 g/mol. The second kappa shape index (κ2) is 5.46. The topological polar surface area (TPSA) is 29.3 Å². The Bertz CT molecular complexity index is 331. The van der Waals surface area contributed by atoms with Gasteiger partial charge in [0.25, 0.3) is 0 Å². The summed E-state index contributed by atoms with van der Waals surface area (Å²) in [5, 5.41) is 0. The molecule has 0 aliphatic rings. The minimum atomic E-state index is 0.192. The fourth-order valence-electron chi connectivity index (χ4n) is 1.93. The Labute approximate surface area is 99.5 Å². The Balaban J connectivity index is 2.58. The average Bonchev–Trinajstić information content (AvgIpc) is 2.21. The SMILES string of the molecule is Cc1ccccc1CN(C)CC(C)(C)CN. The minimum Gasteiger partial charge on any atom is -0.330 e. The highest BCUT2D eigenvalue weighted by atomic mass is 15.1. The molecule has 2 N–H and O–H groups in total. The molecule has 0 radical (unpaired) electrons. The molecule has 2 nitrogen and oxygen atoms in total. The zero-order valence-corrected chi connectivity index (χ0v) is 11.0. The molecule has 0 saturated carbocycles. The molecule has 0 saturated heterocycles. The lowest BCUT2D eigenvalue weighted by atomic mass is 9.93. The molecule has 16 heavy (non-hydrogen) atoms. The van der Waals surface area contributed by atoms with Crippen molar-refractivity contribution in [1.82, 2.24) is 4.90 Å². The van der Waals surface area contributed by atoms with Gasteiger partial charge >= 0.3 is 0 Å². The van der Waals surface area contributed by atoms with E-state index in [4.69, 9.17) is 5.73 Å². The molecule has 0 heterocycles. The van der Waals surface area contributed by atoms with Crippen molar-refractivity contribution >= 4 is 0 Å². The Kier molecular flexibility index (Phi) is 4.51. The van der Waals surface area contributed by atoms with Gasteiger partial charge in [0.15, 0.2) is 0 Å². The summed E-state index contributed by atoms with van der Waals surface area (Å²) in [6.45, 7) is 9.33. The number of aryl methyl sites for hydroxylation is 1. The molecule has 2 heteroatoms. The average molecular weight is 220 g/mol. The van der Waals surface area contributed by atoms with Gasteiger partial charge < -0.3 is 10.6 Å². The van der Waals surface area contributed by atoms with Gasteiger partial charge in [-0.05, 0) is 37.1 Å². The Morgan fingerprint density at radius 3 is 2.44 bits per heavy atom. The molecule has 0 amide bonds. The van der Waals surface area contributed by atoms with Crippen LogP contribution in [0.2, 0.25) is 0 Å². The summed E-state index contributed by atoms with van der Waals surface area (Å²) in [5.41, 5.74) is 8.70. The normalized spacial score (nSPS) is 12.1. The van der Waals surface area contributed by atoms with Gasteiger partial charge in [0.05, 0.1) is 0 Å². The van der Waals surface area contributed by atoms with E-state index in [9.17, 15) is 0 Å². The molecule has 0 unspecified atom stereocenters. The fraction of sp³-hybridized carbons (Fsp3) is 0.571. The van der Waals surface area contributed by atoms with Crippen LogP contribution in [0.25, 0.3) is 0 Å². The molecular formula is C14H24N2. The minimum absolute atomic E-state index is 0.192. The molecule has 0 spiro atoms. The third-order valence-corrected chi connectivity index (χ3v) is 2.95. The predicted molar refractivity (Wildman–Crippen MR) is 70.3 cm³/mol. The van der Waals surface area contributed by atoms with Crippen LogP contribution >= 0.6 is 0 Å². The number of nitrogens with two attached hydrogens (primary N) is 1. The van der Waals surface area contributed by atoms with Crippen LogP contribution < -0.4 is 5.73 Å². The van der Waals surface area contributed by atoms with Gasteiger partial charge in [-0.15, -0.1) is 0 Å². The third-order valence-electron chi connectivity index (χ3n) is 2.95. The van der Waals surface area contributed by atoms with E-state index in [0.717, 1.165) is 19.6 Å². The van der Waals surface area contributed by atoms with Crippen LogP contribution in [0.3, 0.4) is 0 Å². The zero-order chi connectivity index (χ0) is 12.2. The van der Waals surface area contributed by atoms with Crippen molar-refractivity contribution in [2.45, 2.75) is 27.3 Å². The van der Waals surface area contributed by atoms with Crippen molar-refractivity contribution in [2.75, 3.05) is 20.1 Å². The molecule has 0 aromatic heterocycles. The van der Waals surface area contributed by atoms with Crippen LogP contribution in [0.15, 0.2) is 24.3 Å². The quantitative estimate of drug-likeness (QED) is 0.825. The van der Waals surface area contributed by atoms with E-state index in [1.165, 1.54) is 11.1 Å². The second-order valence-electron chi connectivity index (χ2n) is 5.47. The van der Waals surface area contributed by atoms with Crippen LogP contribution in [-0.2, 0) is 6.54 Å². The maximum absolute atomic E-state index is 5.75. The van der Waals surface area contributed by atoms with Gasteiger partial charge in [-0.25, -0.2) is 0 Å². The number of benzene rings is 1. The standard InChI is InChI=1S/C14H24N2/c1-12-7-5-6-8-13(12)9-16(4)11-14(2,3)10-15/h5-8H,9-11,15H2,1-4H3. The van der Waals surface area contributed by atoms with Gasteiger partial charge in [0, 0.05) is 13.1 Å². The highest BCUT2D eigenvalue weighted by molar-refractivity contribution is 5.25. The monoisotopic (exact) mass is 220 g/mol.